The molecule has 3 rings (SSSR count). The Morgan fingerprint density at radius 3 is 3.00 bits per heavy atom. The molecule has 1 heterocycles. The number of hydrogen-bond acceptors (Lipinski definition) is 2. The Morgan fingerprint density at radius 2 is 2.16 bits per heavy atom. The Morgan fingerprint density at radius 1 is 1.32 bits per heavy atom. The average Bonchev–Trinajstić information content (AvgIpc) is 2.82. The van der Waals surface area contributed by atoms with Gasteiger partial charge in [0.2, 0.25) is 0 Å². The van der Waals surface area contributed by atoms with Crippen LogP contribution >= 0.6 is 15.9 Å². The number of aromatic nitrogens is 1. The molecule has 0 spiro atoms. The molecule has 1 aliphatic carbocycles. The zero-order valence-electron chi connectivity index (χ0n) is 10.3. The molecule has 1 atom stereocenters. The predicted molar refractivity (Wildman–Crippen MR) is 76.9 cm³/mol. The van der Waals surface area contributed by atoms with Crippen molar-refractivity contribution in [2.24, 2.45) is 0 Å². The summed E-state index contributed by atoms with van der Waals surface area (Å²) >= 11 is 3.28. The molecule has 0 radical (unpaired) electrons. The first-order chi connectivity index (χ1) is 9.24. The van der Waals surface area contributed by atoms with Gasteiger partial charge >= 0.3 is 0 Å². The lowest BCUT2D eigenvalue weighted by atomic mass is 10.1. The molecule has 0 bridgehead atoms. The number of rotatable bonds is 2. The fourth-order valence-corrected chi connectivity index (χ4v) is 2.86. The Kier molecular flexibility index (Phi) is 3.34. The molecule has 1 aromatic carbocycles. The van der Waals surface area contributed by atoms with Gasteiger partial charge < -0.3 is 5.32 Å². The van der Waals surface area contributed by atoms with Crippen molar-refractivity contribution < 1.29 is 4.79 Å². The van der Waals surface area contributed by atoms with Crippen molar-refractivity contribution in [1.82, 2.24) is 10.3 Å². The molecule has 19 heavy (non-hydrogen) atoms. The van der Waals surface area contributed by atoms with Crippen molar-refractivity contribution in [3.8, 4) is 0 Å². The fourth-order valence-electron chi connectivity index (χ4n) is 2.49. The number of aryl methyl sites for hydroxylation is 1. The lowest BCUT2D eigenvalue weighted by molar-refractivity contribution is 0.0936. The molecule has 3 nitrogen and oxygen atoms in total. The Balaban J connectivity index is 1.78. The molecule has 2 aromatic rings. The van der Waals surface area contributed by atoms with Crippen LogP contribution in [0.3, 0.4) is 0 Å². The van der Waals surface area contributed by atoms with Crippen LogP contribution < -0.4 is 5.32 Å². The van der Waals surface area contributed by atoms with Crippen LogP contribution in [0, 0.1) is 0 Å². The van der Waals surface area contributed by atoms with E-state index in [1.165, 1.54) is 11.1 Å². The average molecular weight is 317 g/mol. The standard InChI is InChI=1S/C15H13BrN2O/c16-14-9-11(7-8-17-14)15(19)18-13-6-5-10-3-1-2-4-12(10)13/h1-4,7-9,13H,5-6H2,(H,18,19). The summed E-state index contributed by atoms with van der Waals surface area (Å²) in [6.07, 6.45) is 3.63. The van der Waals surface area contributed by atoms with E-state index in [0.29, 0.717) is 10.2 Å². The number of benzene rings is 1. The molecule has 0 saturated heterocycles. The SMILES string of the molecule is O=C(NC1CCc2ccccc21)c1ccnc(Br)c1. The molecule has 1 aliphatic rings. The molecule has 1 aromatic heterocycles. The molecule has 0 saturated carbocycles. The van der Waals surface area contributed by atoms with Crippen molar-refractivity contribution >= 4 is 21.8 Å². The van der Waals surface area contributed by atoms with Crippen molar-refractivity contribution in [2.45, 2.75) is 18.9 Å². The highest BCUT2D eigenvalue weighted by atomic mass is 79.9. The second-order valence-electron chi connectivity index (χ2n) is 4.63. The van der Waals surface area contributed by atoms with E-state index >= 15 is 0 Å². The van der Waals surface area contributed by atoms with Gasteiger partial charge in [0.25, 0.3) is 5.91 Å². The predicted octanol–water partition coefficient (Wildman–Crippen LogP) is 3.26. The van der Waals surface area contributed by atoms with E-state index < -0.39 is 0 Å². The quantitative estimate of drug-likeness (QED) is 0.864. The van der Waals surface area contributed by atoms with Gasteiger partial charge in [-0.1, -0.05) is 24.3 Å². The van der Waals surface area contributed by atoms with E-state index in [2.05, 4.69) is 38.4 Å². The monoisotopic (exact) mass is 316 g/mol. The van der Waals surface area contributed by atoms with Crippen LogP contribution in [0.1, 0.15) is 33.9 Å². The maximum atomic E-state index is 12.2. The topological polar surface area (TPSA) is 42.0 Å². The fraction of sp³-hybridized carbons (Fsp3) is 0.200. The molecule has 1 unspecified atom stereocenters. The zero-order chi connectivity index (χ0) is 13.2. The smallest absolute Gasteiger partial charge is 0.251 e. The van der Waals surface area contributed by atoms with Crippen molar-refractivity contribution in [3.05, 3.63) is 63.9 Å². The molecule has 1 N–H and O–H groups in total. The van der Waals surface area contributed by atoms with Crippen molar-refractivity contribution in [1.29, 1.82) is 0 Å². The second kappa shape index (κ2) is 5.13. The number of amides is 1. The Hall–Kier alpha value is -1.68. The number of carbonyl (C=O) groups is 1. The first kappa shape index (κ1) is 12.4. The minimum atomic E-state index is -0.0511. The van der Waals surface area contributed by atoms with Gasteiger partial charge in [-0.05, 0) is 52.0 Å². The van der Waals surface area contributed by atoms with Crippen LogP contribution in [0.15, 0.2) is 47.2 Å². The number of fused-ring (bicyclic) bond motifs is 1. The normalized spacial score (nSPS) is 17.0. The summed E-state index contributed by atoms with van der Waals surface area (Å²) in [6, 6.07) is 11.9. The Labute approximate surface area is 120 Å². The number of halogens is 1. The van der Waals surface area contributed by atoms with Gasteiger partial charge in [-0.25, -0.2) is 4.98 Å². The lowest BCUT2D eigenvalue weighted by Gasteiger charge is -2.14. The molecule has 96 valence electrons. The number of nitrogens with zero attached hydrogens (tertiary/aromatic N) is 1. The summed E-state index contributed by atoms with van der Waals surface area (Å²) in [5.41, 5.74) is 3.21. The second-order valence-corrected chi connectivity index (χ2v) is 5.44. The summed E-state index contributed by atoms with van der Waals surface area (Å²) in [7, 11) is 0. The highest BCUT2D eigenvalue weighted by Crippen LogP contribution is 2.30. The summed E-state index contributed by atoms with van der Waals surface area (Å²) in [6.45, 7) is 0. The number of carbonyl (C=O) groups excluding carboxylic acids is 1. The summed E-state index contributed by atoms with van der Waals surface area (Å²) in [5.74, 6) is -0.0511. The summed E-state index contributed by atoms with van der Waals surface area (Å²) in [5, 5.41) is 3.09. The molecule has 0 aliphatic heterocycles. The number of nitrogens with one attached hydrogen (secondary N) is 1. The third-order valence-electron chi connectivity index (χ3n) is 3.43. The van der Waals surface area contributed by atoms with Gasteiger partial charge in [-0.15, -0.1) is 0 Å². The van der Waals surface area contributed by atoms with Crippen molar-refractivity contribution in [2.75, 3.05) is 0 Å². The minimum absolute atomic E-state index is 0.0511. The van der Waals surface area contributed by atoms with Crippen LogP contribution in [0.2, 0.25) is 0 Å². The van der Waals surface area contributed by atoms with Gasteiger partial charge in [0, 0.05) is 11.8 Å². The number of pyridine rings is 1. The first-order valence-electron chi connectivity index (χ1n) is 6.24. The molecule has 0 fully saturated rings. The van der Waals surface area contributed by atoms with Crippen LogP contribution in [0.4, 0.5) is 0 Å². The molecular formula is C15H13BrN2O. The third kappa shape index (κ3) is 2.54. The zero-order valence-corrected chi connectivity index (χ0v) is 11.9. The van der Waals surface area contributed by atoms with E-state index in [1.807, 2.05) is 12.1 Å². The summed E-state index contributed by atoms with van der Waals surface area (Å²) in [4.78, 5) is 16.2. The van der Waals surface area contributed by atoms with Crippen LogP contribution in [-0.2, 0) is 6.42 Å². The van der Waals surface area contributed by atoms with Gasteiger partial charge in [-0.2, -0.15) is 0 Å². The highest BCUT2D eigenvalue weighted by molar-refractivity contribution is 9.10. The maximum absolute atomic E-state index is 12.2. The van der Waals surface area contributed by atoms with E-state index in [9.17, 15) is 4.79 Å². The third-order valence-corrected chi connectivity index (χ3v) is 3.86. The minimum Gasteiger partial charge on any atom is -0.345 e. The van der Waals surface area contributed by atoms with Gasteiger partial charge in [0.15, 0.2) is 0 Å². The lowest BCUT2D eigenvalue weighted by Crippen LogP contribution is -2.27. The van der Waals surface area contributed by atoms with E-state index in [1.54, 1.807) is 18.3 Å². The molecule has 4 heteroatoms. The van der Waals surface area contributed by atoms with Crippen LogP contribution in [-0.4, -0.2) is 10.9 Å². The number of hydrogen-bond donors (Lipinski definition) is 1. The van der Waals surface area contributed by atoms with E-state index in [0.717, 1.165) is 12.8 Å². The molecule has 1 amide bonds. The van der Waals surface area contributed by atoms with Gasteiger partial charge in [0.05, 0.1) is 6.04 Å². The van der Waals surface area contributed by atoms with Crippen molar-refractivity contribution in [3.63, 3.8) is 0 Å². The first-order valence-corrected chi connectivity index (χ1v) is 7.03. The van der Waals surface area contributed by atoms with E-state index in [-0.39, 0.29) is 11.9 Å². The van der Waals surface area contributed by atoms with E-state index in [4.69, 9.17) is 0 Å². The Bertz CT molecular complexity index is 627. The van der Waals surface area contributed by atoms with Gasteiger partial charge in [0.1, 0.15) is 4.60 Å². The van der Waals surface area contributed by atoms with Crippen LogP contribution in [0.25, 0.3) is 0 Å². The largest absolute Gasteiger partial charge is 0.345 e. The summed E-state index contributed by atoms with van der Waals surface area (Å²) < 4.78 is 0.673. The highest BCUT2D eigenvalue weighted by Gasteiger charge is 2.23. The van der Waals surface area contributed by atoms with Gasteiger partial charge in [-0.3, -0.25) is 4.79 Å². The molecular weight excluding hydrogens is 304 g/mol. The maximum Gasteiger partial charge on any atom is 0.251 e. The van der Waals surface area contributed by atoms with Crippen LogP contribution in [0.5, 0.6) is 0 Å².